The van der Waals surface area contributed by atoms with Gasteiger partial charge in [-0.15, -0.1) is 0 Å². The van der Waals surface area contributed by atoms with Gasteiger partial charge in [0.2, 0.25) is 0 Å². The van der Waals surface area contributed by atoms with E-state index in [1.54, 1.807) is 26.4 Å². The van der Waals surface area contributed by atoms with Crippen molar-refractivity contribution in [3.63, 3.8) is 0 Å². The lowest BCUT2D eigenvalue weighted by molar-refractivity contribution is -0.147. The molecule has 7 nitrogen and oxygen atoms in total. The normalized spacial score (nSPS) is 10.2. The largest absolute Gasteiger partial charge is 0.493 e. The number of ether oxygens (including phenoxy) is 3. The Kier molecular flexibility index (Phi) is 8.89. The standard InChI is InChI=1S/C24H28N2O5/c1-17-12-18(2)14-20(13-17)26(11-5-10-25)23(27)16-31-24(28)9-7-19-6-8-21(29-3)22(15-19)30-4/h6,8,12-15H,5,7,9,11,16H2,1-4H3. The van der Waals surface area contributed by atoms with Gasteiger partial charge in [0.25, 0.3) is 5.91 Å². The molecule has 0 aliphatic heterocycles. The molecule has 2 rings (SSSR count). The molecule has 0 unspecified atom stereocenters. The second kappa shape index (κ2) is 11.6. The van der Waals surface area contributed by atoms with Crippen LogP contribution in [0.2, 0.25) is 0 Å². The number of rotatable bonds is 10. The number of benzene rings is 2. The number of hydrogen-bond donors (Lipinski definition) is 0. The number of hydrogen-bond acceptors (Lipinski definition) is 6. The summed E-state index contributed by atoms with van der Waals surface area (Å²) >= 11 is 0. The van der Waals surface area contributed by atoms with Crippen LogP contribution in [0.4, 0.5) is 5.69 Å². The minimum Gasteiger partial charge on any atom is -0.493 e. The second-order valence-electron chi connectivity index (χ2n) is 7.15. The van der Waals surface area contributed by atoms with Gasteiger partial charge in [-0.25, -0.2) is 0 Å². The lowest BCUT2D eigenvalue weighted by atomic mass is 10.1. The van der Waals surface area contributed by atoms with E-state index in [-0.39, 0.29) is 31.9 Å². The molecule has 164 valence electrons. The van der Waals surface area contributed by atoms with Gasteiger partial charge in [-0.2, -0.15) is 5.26 Å². The highest BCUT2D eigenvalue weighted by atomic mass is 16.5. The van der Waals surface area contributed by atoms with Gasteiger partial charge in [0.15, 0.2) is 18.1 Å². The van der Waals surface area contributed by atoms with Crippen LogP contribution in [0.5, 0.6) is 11.5 Å². The van der Waals surface area contributed by atoms with Crippen molar-refractivity contribution in [1.82, 2.24) is 0 Å². The van der Waals surface area contributed by atoms with Crippen LogP contribution in [0.25, 0.3) is 0 Å². The van der Waals surface area contributed by atoms with Gasteiger partial charge in [-0.05, 0) is 61.2 Å². The maximum atomic E-state index is 12.7. The molecule has 0 bridgehead atoms. The number of carbonyl (C=O) groups is 2. The monoisotopic (exact) mass is 424 g/mol. The van der Waals surface area contributed by atoms with E-state index in [1.807, 2.05) is 38.1 Å². The Labute approximate surface area is 183 Å². The van der Waals surface area contributed by atoms with Crippen molar-refractivity contribution < 1.29 is 23.8 Å². The lowest BCUT2D eigenvalue weighted by Gasteiger charge is -2.22. The first-order valence-corrected chi connectivity index (χ1v) is 10.00. The molecular formula is C24H28N2O5. The fourth-order valence-corrected chi connectivity index (χ4v) is 3.24. The van der Waals surface area contributed by atoms with Gasteiger partial charge in [-0.1, -0.05) is 12.1 Å². The first-order valence-electron chi connectivity index (χ1n) is 10.00. The van der Waals surface area contributed by atoms with Crippen LogP contribution < -0.4 is 14.4 Å². The Morgan fingerprint density at radius 2 is 1.68 bits per heavy atom. The quantitative estimate of drug-likeness (QED) is 0.540. The average molecular weight is 424 g/mol. The Bertz CT molecular complexity index is 945. The highest BCUT2D eigenvalue weighted by Gasteiger charge is 2.18. The van der Waals surface area contributed by atoms with E-state index < -0.39 is 5.97 Å². The van der Waals surface area contributed by atoms with E-state index in [4.69, 9.17) is 19.5 Å². The number of aryl methyl sites for hydroxylation is 3. The summed E-state index contributed by atoms with van der Waals surface area (Å²) in [7, 11) is 3.11. The van der Waals surface area contributed by atoms with Crippen molar-refractivity contribution in [2.75, 3.05) is 32.3 Å². The third-order valence-corrected chi connectivity index (χ3v) is 4.69. The van der Waals surface area contributed by atoms with Crippen molar-refractivity contribution in [3.8, 4) is 17.6 Å². The van der Waals surface area contributed by atoms with Crippen molar-refractivity contribution in [2.45, 2.75) is 33.1 Å². The Balaban J connectivity index is 1.95. The zero-order chi connectivity index (χ0) is 22.8. The third kappa shape index (κ3) is 7.03. The zero-order valence-electron chi connectivity index (χ0n) is 18.4. The molecule has 0 saturated carbocycles. The summed E-state index contributed by atoms with van der Waals surface area (Å²) in [6.45, 7) is 3.75. The van der Waals surface area contributed by atoms with Crippen LogP contribution in [0.15, 0.2) is 36.4 Å². The summed E-state index contributed by atoms with van der Waals surface area (Å²) in [4.78, 5) is 26.4. The zero-order valence-corrected chi connectivity index (χ0v) is 18.4. The molecule has 0 aliphatic rings. The summed E-state index contributed by atoms with van der Waals surface area (Å²) in [6.07, 6.45) is 0.763. The molecule has 31 heavy (non-hydrogen) atoms. The topological polar surface area (TPSA) is 88.9 Å². The fourth-order valence-electron chi connectivity index (χ4n) is 3.24. The summed E-state index contributed by atoms with van der Waals surface area (Å²) in [6, 6.07) is 13.2. The van der Waals surface area contributed by atoms with Gasteiger partial charge in [-0.3, -0.25) is 9.59 Å². The second-order valence-corrected chi connectivity index (χ2v) is 7.15. The van der Waals surface area contributed by atoms with Crippen LogP contribution in [-0.4, -0.2) is 39.2 Å². The predicted molar refractivity (Wildman–Crippen MR) is 117 cm³/mol. The lowest BCUT2D eigenvalue weighted by Crippen LogP contribution is -2.35. The van der Waals surface area contributed by atoms with Crippen molar-refractivity contribution in [1.29, 1.82) is 5.26 Å². The Morgan fingerprint density at radius 3 is 2.29 bits per heavy atom. The van der Waals surface area contributed by atoms with Crippen molar-refractivity contribution in [2.24, 2.45) is 0 Å². The maximum Gasteiger partial charge on any atom is 0.306 e. The van der Waals surface area contributed by atoms with Crippen molar-refractivity contribution in [3.05, 3.63) is 53.1 Å². The molecule has 0 heterocycles. The average Bonchev–Trinajstić information content (AvgIpc) is 2.75. The molecule has 0 spiro atoms. The van der Waals surface area contributed by atoms with Gasteiger partial charge < -0.3 is 19.1 Å². The summed E-state index contributed by atoms with van der Waals surface area (Å²) < 4.78 is 15.7. The van der Waals surface area contributed by atoms with Gasteiger partial charge in [0.05, 0.1) is 26.7 Å². The number of methoxy groups -OCH3 is 2. The van der Waals surface area contributed by atoms with Crippen LogP contribution in [0, 0.1) is 25.2 Å². The van der Waals surface area contributed by atoms with Gasteiger partial charge >= 0.3 is 5.97 Å². The number of amides is 1. The molecular weight excluding hydrogens is 396 g/mol. The van der Waals surface area contributed by atoms with Crippen molar-refractivity contribution >= 4 is 17.6 Å². The van der Waals surface area contributed by atoms with Crippen LogP contribution in [0.3, 0.4) is 0 Å². The van der Waals surface area contributed by atoms with E-state index in [9.17, 15) is 9.59 Å². The molecule has 0 fully saturated rings. The van der Waals surface area contributed by atoms with Crippen LogP contribution in [-0.2, 0) is 20.7 Å². The minimum absolute atomic E-state index is 0.129. The molecule has 2 aromatic carbocycles. The highest BCUT2D eigenvalue weighted by molar-refractivity contribution is 5.95. The Morgan fingerprint density at radius 1 is 1.00 bits per heavy atom. The van der Waals surface area contributed by atoms with Gasteiger partial charge in [0, 0.05) is 18.7 Å². The number of nitriles is 1. The first kappa shape index (κ1) is 23.7. The molecule has 0 radical (unpaired) electrons. The van der Waals surface area contributed by atoms with E-state index in [2.05, 4.69) is 6.07 Å². The van der Waals surface area contributed by atoms with Crippen LogP contribution in [0.1, 0.15) is 29.5 Å². The van der Waals surface area contributed by atoms with E-state index in [1.165, 1.54) is 4.90 Å². The highest BCUT2D eigenvalue weighted by Crippen LogP contribution is 2.28. The molecule has 0 saturated heterocycles. The number of nitrogens with zero attached hydrogens (tertiary/aromatic N) is 2. The summed E-state index contributed by atoms with van der Waals surface area (Å²) in [5.41, 5.74) is 3.61. The molecule has 2 aromatic rings. The first-order chi connectivity index (χ1) is 14.9. The molecule has 1 amide bonds. The summed E-state index contributed by atoms with van der Waals surface area (Å²) in [5.74, 6) is 0.372. The van der Waals surface area contributed by atoms with E-state index in [0.717, 1.165) is 16.7 Å². The third-order valence-electron chi connectivity index (χ3n) is 4.69. The van der Waals surface area contributed by atoms with E-state index in [0.29, 0.717) is 23.6 Å². The number of esters is 1. The SMILES string of the molecule is COc1ccc(CCC(=O)OCC(=O)N(CCC#N)c2cc(C)cc(C)c2)cc1OC. The van der Waals surface area contributed by atoms with Gasteiger partial charge in [0.1, 0.15) is 0 Å². The molecule has 7 heteroatoms. The molecule has 0 aliphatic carbocycles. The number of carbonyl (C=O) groups excluding carboxylic acids is 2. The summed E-state index contributed by atoms with van der Waals surface area (Å²) in [5, 5.41) is 8.93. The molecule has 0 atom stereocenters. The predicted octanol–water partition coefficient (Wildman–Crippen LogP) is 3.74. The molecule has 0 aromatic heterocycles. The van der Waals surface area contributed by atoms with E-state index >= 15 is 0 Å². The minimum atomic E-state index is -0.469. The van der Waals surface area contributed by atoms with Crippen LogP contribution >= 0.6 is 0 Å². The fraction of sp³-hybridized carbons (Fsp3) is 0.375. The number of anilines is 1. The smallest absolute Gasteiger partial charge is 0.306 e. The maximum absolute atomic E-state index is 12.7. The Hall–Kier alpha value is -3.53. The molecule has 0 N–H and O–H groups in total.